The maximum Gasteiger partial charge on any atom is 0.143 e. The van der Waals surface area contributed by atoms with Gasteiger partial charge >= 0.3 is 0 Å². The van der Waals surface area contributed by atoms with Crippen molar-refractivity contribution in [2.75, 3.05) is 4.90 Å². The molecule has 11 rings (SSSR count). The molecule has 0 aliphatic carbocycles. The third-order valence-corrected chi connectivity index (χ3v) is 10.9. The van der Waals surface area contributed by atoms with Crippen molar-refractivity contribution in [3.05, 3.63) is 200 Å². The Morgan fingerprint density at radius 2 is 0.873 bits per heavy atom. The Kier molecular flexibility index (Phi) is 7.17. The van der Waals surface area contributed by atoms with Gasteiger partial charge < -0.3 is 13.7 Å². The van der Waals surface area contributed by atoms with Crippen molar-refractivity contribution >= 4 is 71.7 Å². The van der Waals surface area contributed by atoms with Gasteiger partial charge in [0, 0.05) is 43.9 Å². The fourth-order valence-electron chi connectivity index (χ4n) is 8.24. The van der Waals surface area contributed by atoms with E-state index in [2.05, 4.69) is 187 Å². The molecule has 0 spiro atoms. The highest BCUT2D eigenvalue weighted by Crippen LogP contribution is 2.46. The molecule has 258 valence electrons. The van der Waals surface area contributed by atoms with Crippen LogP contribution in [-0.2, 0) is 0 Å². The average Bonchev–Trinajstić information content (AvgIpc) is 3.83. The monoisotopic (exact) mass is 703 g/mol. The van der Waals surface area contributed by atoms with Crippen molar-refractivity contribution in [1.82, 2.24) is 0 Å². The Balaban J connectivity index is 1.08. The molecule has 0 aliphatic rings. The third kappa shape index (κ3) is 5.20. The Hall–Kier alpha value is -7.36. The minimum Gasteiger partial charge on any atom is -0.456 e. The molecule has 0 saturated carbocycles. The van der Waals surface area contributed by atoms with Gasteiger partial charge in [0.05, 0.1) is 5.69 Å². The van der Waals surface area contributed by atoms with Gasteiger partial charge in [0.1, 0.15) is 22.3 Å². The number of fused-ring (bicyclic) bond motifs is 8. The molecule has 0 atom stereocenters. The van der Waals surface area contributed by atoms with Crippen LogP contribution in [0.4, 0.5) is 17.1 Å². The van der Waals surface area contributed by atoms with Crippen LogP contribution in [0.1, 0.15) is 0 Å². The molecule has 2 heterocycles. The summed E-state index contributed by atoms with van der Waals surface area (Å²) in [7, 11) is 0. The van der Waals surface area contributed by atoms with Gasteiger partial charge in [0.2, 0.25) is 0 Å². The molecule has 0 bridgehead atoms. The largest absolute Gasteiger partial charge is 0.456 e. The maximum atomic E-state index is 6.63. The van der Waals surface area contributed by atoms with E-state index < -0.39 is 0 Å². The number of hydrogen-bond acceptors (Lipinski definition) is 3. The van der Waals surface area contributed by atoms with E-state index in [1.54, 1.807) is 0 Å². The molecule has 3 nitrogen and oxygen atoms in total. The highest BCUT2D eigenvalue weighted by Gasteiger charge is 2.21. The SMILES string of the molecule is c1ccc(-c2ccc(N(c3ccc(-c4ccc5c(c4)oc4ccccc45)cc3)c3ccccc3-c3cccc4ccc5c6ccccc6oc5c34)cc2)cc1. The fraction of sp³-hybridized carbons (Fsp3) is 0. The first-order valence-corrected chi connectivity index (χ1v) is 18.7. The quantitative estimate of drug-likeness (QED) is 0.173. The van der Waals surface area contributed by atoms with Crippen LogP contribution in [0.2, 0.25) is 0 Å². The van der Waals surface area contributed by atoms with Crippen molar-refractivity contribution in [1.29, 1.82) is 0 Å². The van der Waals surface area contributed by atoms with Crippen LogP contribution in [0.15, 0.2) is 209 Å². The minimum atomic E-state index is 0.894. The Bertz CT molecular complexity index is 3190. The van der Waals surface area contributed by atoms with E-state index in [4.69, 9.17) is 8.83 Å². The molecule has 9 aromatic carbocycles. The standard InChI is InChI=1S/C52H33NO2/c1-2-11-34(12-3-1)35-21-27-39(28-22-35)53(40-29-23-36(24-30-40)38-26-31-44-42-15-5-8-19-48(42)54-50(44)33-38)47-18-7-4-14-41(47)45-17-10-13-37-25-32-46-43-16-6-9-20-49(43)55-52(46)51(37)45/h1-33H. The van der Waals surface area contributed by atoms with Gasteiger partial charge in [-0.2, -0.15) is 0 Å². The Morgan fingerprint density at radius 3 is 1.64 bits per heavy atom. The second kappa shape index (κ2) is 12.6. The number of para-hydroxylation sites is 3. The molecule has 0 N–H and O–H groups in total. The number of nitrogens with zero attached hydrogens (tertiary/aromatic N) is 1. The van der Waals surface area contributed by atoms with E-state index in [-0.39, 0.29) is 0 Å². The molecule has 55 heavy (non-hydrogen) atoms. The van der Waals surface area contributed by atoms with Crippen molar-refractivity contribution in [2.24, 2.45) is 0 Å². The average molecular weight is 704 g/mol. The summed E-state index contributed by atoms with van der Waals surface area (Å²) in [6.07, 6.45) is 0. The first kappa shape index (κ1) is 31.2. The first-order chi connectivity index (χ1) is 27.3. The topological polar surface area (TPSA) is 29.5 Å². The van der Waals surface area contributed by atoms with Crippen molar-refractivity contribution in [3.63, 3.8) is 0 Å². The fourth-order valence-corrected chi connectivity index (χ4v) is 8.24. The van der Waals surface area contributed by atoms with E-state index in [0.717, 1.165) is 94.0 Å². The number of benzene rings is 9. The first-order valence-electron chi connectivity index (χ1n) is 18.7. The summed E-state index contributed by atoms with van der Waals surface area (Å²) in [5.74, 6) is 0. The van der Waals surface area contributed by atoms with Gasteiger partial charge in [-0.25, -0.2) is 0 Å². The number of hydrogen-bond donors (Lipinski definition) is 0. The highest BCUT2D eigenvalue weighted by atomic mass is 16.3. The van der Waals surface area contributed by atoms with Crippen LogP contribution < -0.4 is 4.90 Å². The molecule has 0 fully saturated rings. The normalized spacial score (nSPS) is 11.6. The minimum absolute atomic E-state index is 0.894. The molecule has 0 unspecified atom stereocenters. The van der Waals surface area contributed by atoms with Crippen LogP contribution in [0.5, 0.6) is 0 Å². The third-order valence-electron chi connectivity index (χ3n) is 10.9. The van der Waals surface area contributed by atoms with Gasteiger partial charge in [-0.05, 0) is 93.9 Å². The van der Waals surface area contributed by atoms with Gasteiger partial charge in [-0.15, -0.1) is 0 Å². The van der Waals surface area contributed by atoms with Gasteiger partial charge in [0.15, 0.2) is 0 Å². The van der Waals surface area contributed by atoms with Crippen LogP contribution >= 0.6 is 0 Å². The van der Waals surface area contributed by atoms with E-state index in [9.17, 15) is 0 Å². The van der Waals surface area contributed by atoms with E-state index in [1.165, 1.54) is 11.1 Å². The molecule has 0 amide bonds. The molecule has 11 aromatic rings. The number of anilines is 3. The van der Waals surface area contributed by atoms with E-state index in [0.29, 0.717) is 0 Å². The maximum absolute atomic E-state index is 6.63. The van der Waals surface area contributed by atoms with Gasteiger partial charge in [-0.3, -0.25) is 0 Å². The van der Waals surface area contributed by atoms with Gasteiger partial charge in [-0.1, -0.05) is 140 Å². The van der Waals surface area contributed by atoms with E-state index in [1.807, 2.05) is 18.2 Å². The summed E-state index contributed by atoms with van der Waals surface area (Å²) in [5, 5.41) is 6.77. The van der Waals surface area contributed by atoms with Gasteiger partial charge in [0.25, 0.3) is 0 Å². The predicted molar refractivity (Wildman–Crippen MR) is 229 cm³/mol. The van der Waals surface area contributed by atoms with Crippen LogP contribution in [-0.4, -0.2) is 0 Å². The van der Waals surface area contributed by atoms with Crippen LogP contribution in [0.25, 0.3) is 88.0 Å². The lowest BCUT2D eigenvalue weighted by Crippen LogP contribution is -2.11. The zero-order valence-corrected chi connectivity index (χ0v) is 29.8. The molecular formula is C52H33NO2. The zero-order chi connectivity index (χ0) is 36.3. The lowest BCUT2D eigenvalue weighted by atomic mass is 9.94. The van der Waals surface area contributed by atoms with Crippen molar-refractivity contribution in [2.45, 2.75) is 0 Å². The molecule has 2 aromatic heterocycles. The molecule has 3 heteroatoms. The summed E-state index contributed by atoms with van der Waals surface area (Å²) in [4.78, 5) is 2.37. The highest BCUT2D eigenvalue weighted by molar-refractivity contribution is 6.19. The number of furan rings is 2. The second-order valence-electron chi connectivity index (χ2n) is 14.1. The lowest BCUT2D eigenvalue weighted by Gasteiger charge is -2.28. The van der Waals surface area contributed by atoms with Crippen LogP contribution in [0, 0.1) is 0 Å². The summed E-state index contributed by atoms with van der Waals surface area (Å²) in [5.41, 5.74) is 13.7. The number of rotatable bonds is 6. The lowest BCUT2D eigenvalue weighted by molar-refractivity contribution is 0.669. The molecule has 0 aliphatic heterocycles. The van der Waals surface area contributed by atoms with Crippen LogP contribution in [0.3, 0.4) is 0 Å². The summed E-state index contributed by atoms with van der Waals surface area (Å²) >= 11 is 0. The smallest absolute Gasteiger partial charge is 0.143 e. The Labute approximate surface area is 317 Å². The summed E-state index contributed by atoms with van der Waals surface area (Å²) in [6.45, 7) is 0. The molecule has 0 radical (unpaired) electrons. The van der Waals surface area contributed by atoms with Crippen molar-refractivity contribution < 1.29 is 8.83 Å². The molecular weight excluding hydrogens is 671 g/mol. The molecule has 0 saturated heterocycles. The van der Waals surface area contributed by atoms with Crippen molar-refractivity contribution in [3.8, 4) is 33.4 Å². The predicted octanol–water partition coefficient (Wildman–Crippen LogP) is 15.1. The second-order valence-corrected chi connectivity index (χ2v) is 14.1. The summed E-state index contributed by atoms with van der Waals surface area (Å²) in [6, 6.07) is 71.0. The zero-order valence-electron chi connectivity index (χ0n) is 29.8. The van der Waals surface area contributed by atoms with E-state index >= 15 is 0 Å². The Morgan fingerprint density at radius 1 is 0.327 bits per heavy atom. The summed E-state index contributed by atoms with van der Waals surface area (Å²) < 4.78 is 12.9.